The number of aliphatic hydroxyl groups is 2. The van der Waals surface area contributed by atoms with Crippen molar-refractivity contribution in [2.24, 2.45) is 0 Å². The van der Waals surface area contributed by atoms with E-state index in [-0.39, 0.29) is 24.0 Å². The van der Waals surface area contributed by atoms with Crippen LogP contribution in [0, 0.1) is 0 Å². The summed E-state index contributed by atoms with van der Waals surface area (Å²) in [6.07, 6.45) is 0.262. The third-order valence-electron chi connectivity index (χ3n) is 2.85. The van der Waals surface area contributed by atoms with Crippen LogP contribution in [0.3, 0.4) is 0 Å². The Hall–Kier alpha value is -1.66. The average molecular weight is 270 g/mol. The van der Waals surface area contributed by atoms with Crippen molar-refractivity contribution >= 4 is 11.9 Å². The Kier molecular flexibility index (Phi) is 4.17. The second kappa shape index (κ2) is 5.14. The van der Waals surface area contributed by atoms with Gasteiger partial charge in [-0.05, 0) is 20.3 Å². The molecule has 0 saturated heterocycles. The summed E-state index contributed by atoms with van der Waals surface area (Å²) in [4.78, 5) is 23.2. The van der Waals surface area contributed by atoms with E-state index in [4.69, 9.17) is 9.47 Å². The van der Waals surface area contributed by atoms with Crippen LogP contribution in [0.5, 0.6) is 0 Å². The van der Waals surface area contributed by atoms with Crippen LogP contribution in [-0.2, 0) is 19.1 Å². The summed E-state index contributed by atoms with van der Waals surface area (Å²) in [5.74, 6) is -6.25. The molecule has 19 heavy (non-hydrogen) atoms. The third-order valence-corrected chi connectivity index (χ3v) is 2.85. The zero-order valence-corrected chi connectivity index (χ0v) is 11.1. The molecule has 1 rings (SSSR count). The van der Waals surface area contributed by atoms with Crippen molar-refractivity contribution in [1.82, 2.24) is 0 Å². The lowest BCUT2D eigenvalue weighted by molar-refractivity contribution is -0.343. The molecule has 0 aromatic rings. The normalized spacial score (nSPS) is 19.6. The summed E-state index contributed by atoms with van der Waals surface area (Å²) in [6, 6.07) is 0. The molecule has 0 radical (unpaired) electrons. The summed E-state index contributed by atoms with van der Waals surface area (Å²) < 4.78 is 9.95. The molecule has 0 aromatic carbocycles. The lowest BCUT2D eigenvalue weighted by atomic mass is 10.1. The van der Waals surface area contributed by atoms with Crippen molar-refractivity contribution in [3.8, 4) is 0 Å². The first-order chi connectivity index (χ1) is 8.61. The first-order valence-corrected chi connectivity index (χ1v) is 5.84. The van der Waals surface area contributed by atoms with Gasteiger partial charge in [-0.3, -0.25) is 0 Å². The summed E-state index contributed by atoms with van der Waals surface area (Å²) >= 11 is 0. The van der Waals surface area contributed by atoms with Gasteiger partial charge < -0.3 is 19.7 Å². The molecular formula is C13H18O6. The maximum atomic E-state index is 11.6. The van der Waals surface area contributed by atoms with E-state index in [1.165, 1.54) is 13.8 Å². The predicted molar refractivity (Wildman–Crippen MR) is 65.6 cm³/mol. The zero-order chi connectivity index (χ0) is 14.8. The maximum Gasteiger partial charge on any atom is 0.336 e. The molecule has 0 atom stereocenters. The minimum absolute atomic E-state index is 0.00194. The number of esters is 2. The topological polar surface area (TPSA) is 93.1 Å². The minimum Gasteiger partial charge on any atom is -0.413 e. The van der Waals surface area contributed by atoms with Crippen LogP contribution >= 0.6 is 0 Å². The Morgan fingerprint density at radius 3 is 1.68 bits per heavy atom. The Balaban J connectivity index is 3.04. The smallest absolute Gasteiger partial charge is 0.336 e. The van der Waals surface area contributed by atoms with E-state index in [0.717, 1.165) is 0 Å². The zero-order valence-electron chi connectivity index (χ0n) is 11.1. The van der Waals surface area contributed by atoms with E-state index >= 15 is 0 Å². The summed E-state index contributed by atoms with van der Waals surface area (Å²) in [5, 5.41) is 19.8. The van der Waals surface area contributed by atoms with Crippen molar-refractivity contribution in [1.29, 1.82) is 0 Å². The Morgan fingerprint density at radius 1 is 1.00 bits per heavy atom. The number of rotatable bonds is 4. The van der Waals surface area contributed by atoms with Crippen molar-refractivity contribution in [3.05, 3.63) is 24.3 Å². The summed E-state index contributed by atoms with van der Waals surface area (Å²) in [7, 11) is 0. The third kappa shape index (κ3) is 3.02. The fraction of sp³-hybridized carbons (Fsp3) is 0.538. The molecule has 1 saturated carbocycles. The summed E-state index contributed by atoms with van der Waals surface area (Å²) in [5.41, 5.74) is 0.127. The molecule has 0 spiro atoms. The molecule has 0 bridgehead atoms. The van der Waals surface area contributed by atoms with E-state index in [9.17, 15) is 19.8 Å². The van der Waals surface area contributed by atoms with Crippen LogP contribution < -0.4 is 0 Å². The van der Waals surface area contributed by atoms with Crippen molar-refractivity contribution in [3.63, 3.8) is 0 Å². The minimum atomic E-state index is -2.43. The van der Waals surface area contributed by atoms with Crippen LogP contribution in [-0.4, -0.2) is 33.7 Å². The van der Waals surface area contributed by atoms with Crippen LogP contribution in [0.1, 0.15) is 33.1 Å². The van der Waals surface area contributed by atoms with Crippen LogP contribution in [0.2, 0.25) is 0 Å². The number of ether oxygens (including phenoxy) is 2. The van der Waals surface area contributed by atoms with Gasteiger partial charge in [-0.2, -0.15) is 0 Å². The highest BCUT2D eigenvalue weighted by Crippen LogP contribution is 2.42. The molecule has 6 nitrogen and oxygen atoms in total. The highest BCUT2D eigenvalue weighted by Gasteiger charge is 2.60. The van der Waals surface area contributed by atoms with Gasteiger partial charge in [0, 0.05) is 24.0 Å². The monoisotopic (exact) mass is 270 g/mol. The SMILES string of the molecule is C=C(C)C(=O)OC1(OC(=O)C(=C)C)CCCC1(O)O. The molecule has 2 N–H and O–H groups in total. The van der Waals surface area contributed by atoms with Gasteiger partial charge in [0.15, 0.2) is 0 Å². The number of hydrogen-bond donors (Lipinski definition) is 2. The van der Waals surface area contributed by atoms with E-state index in [2.05, 4.69) is 13.2 Å². The summed E-state index contributed by atoms with van der Waals surface area (Å²) in [6.45, 7) is 9.60. The molecule has 0 heterocycles. The molecule has 6 heteroatoms. The first-order valence-electron chi connectivity index (χ1n) is 5.84. The van der Waals surface area contributed by atoms with Crippen molar-refractivity contribution in [2.45, 2.75) is 44.7 Å². The average Bonchev–Trinajstić information content (AvgIpc) is 2.53. The molecule has 0 aliphatic heterocycles. The van der Waals surface area contributed by atoms with E-state index < -0.39 is 23.5 Å². The van der Waals surface area contributed by atoms with Gasteiger partial charge in [-0.15, -0.1) is 0 Å². The van der Waals surface area contributed by atoms with E-state index in [0.29, 0.717) is 6.42 Å². The van der Waals surface area contributed by atoms with Gasteiger partial charge >= 0.3 is 17.7 Å². The highest BCUT2D eigenvalue weighted by atomic mass is 16.8. The molecule has 0 aromatic heterocycles. The highest BCUT2D eigenvalue weighted by molar-refractivity contribution is 5.89. The molecular weight excluding hydrogens is 252 g/mol. The van der Waals surface area contributed by atoms with Gasteiger partial charge in [-0.25, -0.2) is 9.59 Å². The quantitative estimate of drug-likeness (QED) is 0.445. The number of hydrogen-bond acceptors (Lipinski definition) is 6. The Morgan fingerprint density at radius 2 is 1.42 bits per heavy atom. The Bertz CT molecular complexity index is 406. The lowest BCUT2D eigenvalue weighted by Gasteiger charge is -2.36. The molecule has 106 valence electrons. The first kappa shape index (κ1) is 15.4. The molecule has 0 unspecified atom stereocenters. The van der Waals surface area contributed by atoms with E-state index in [1.54, 1.807) is 0 Å². The van der Waals surface area contributed by atoms with Gasteiger partial charge in [0.1, 0.15) is 0 Å². The van der Waals surface area contributed by atoms with Crippen LogP contribution in [0.4, 0.5) is 0 Å². The maximum absolute atomic E-state index is 11.6. The van der Waals surface area contributed by atoms with Crippen molar-refractivity contribution < 1.29 is 29.3 Å². The fourth-order valence-electron chi connectivity index (χ4n) is 1.72. The second-order valence-electron chi connectivity index (χ2n) is 4.76. The predicted octanol–water partition coefficient (Wildman–Crippen LogP) is 0.786. The fourth-order valence-corrected chi connectivity index (χ4v) is 1.72. The van der Waals surface area contributed by atoms with Gasteiger partial charge in [0.25, 0.3) is 0 Å². The standard InChI is InChI=1S/C13H18O6/c1-8(2)10(14)18-13(19-11(15)9(3)4)7-5-6-12(13,16)17/h16-17H,1,3,5-7H2,2,4H3. The Labute approximate surface area is 111 Å². The van der Waals surface area contributed by atoms with Gasteiger partial charge in [-0.1, -0.05) is 13.2 Å². The van der Waals surface area contributed by atoms with Gasteiger partial charge in [0.05, 0.1) is 0 Å². The molecule has 1 aliphatic rings. The van der Waals surface area contributed by atoms with Crippen LogP contribution in [0.25, 0.3) is 0 Å². The molecule has 1 fully saturated rings. The molecule has 0 amide bonds. The second-order valence-corrected chi connectivity index (χ2v) is 4.76. The van der Waals surface area contributed by atoms with Crippen molar-refractivity contribution in [2.75, 3.05) is 0 Å². The lowest BCUT2D eigenvalue weighted by Crippen LogP contribution is -2.56. The largest absolute Gasteiger partial charge is 0.413 e. The van der Waals surface area contributed by atoms with Gasteiger partial charge in [0.2, 0.25) is 5.79 Å². The number of carbonyl (C=O) groups excluding carboxylic acids is 2. The van der Waals surface area contributed by atoms with Crippen LogP contribution in [0.15, 0.2) is 24.3 Å². The number of carbonyl (C=O) groups is 2. The van der Waals surface area contributed by atoms with E-state index in [1.807, 2.05) is 0 Å². The molecule has 1 aliphatic carbocycles.